The highest BCUT2D eigenvalue weighted by Crippen LogP contribution is 2.37. The Bertz CT molecular complexity index is 483. The Kier molecular flexibility index (Phi) is 4.03. The van der Waals surface area contributed by atoms with Crippen molar-refractivity contribution in [3.05, 3.63) is 5.69 Å². The second-order valence-corrected chi connectivity index (χ2v) is 6.86. The van der Waals surface area contributed by atoms with Gasteiger partial charge in [0.1, 0.15) is 5.82 Å². The summed E-state index contributed by atoms with van der Waals surface area (Å²) in [6.07, 6.45) is 2.32. The van der Waals surface area contributed by atoms with Crippen LogP contribution in [0.2, 0.25) is 0 Å². The number of thioether (sulfide) groups is 1. The van der Waals surface area contributed by atoms with Crippen LogP contribution in [0.3, 0.4) is 0 Å². The molecule has 0 aliphatic carbocycles. The van der Waals surface area contributed by atoms with Crippen LogP contribution >= 0.6 is 11.8 Å². The number of hydrogen-bond donors (Lipinski definition) is 0. The molecule has 0 amide bonds. The highest BCUT2D eigenvalue weighted by atomic mass is 32.2. The molecule has 0 unspecified atom stereocenters. The van der Waals surface area contributed by atoms with Crippen molar-refractivity contribution < 1.29 is 0 Å². The SMILES string of the molecule is CN1CCN(c2nc(N(C)C)nc3c2SCCC3)CC1. The first-order chi connectivity index (χ1) is 9.65. The minimum Gasteiger partial charge on any atom is -0.353 e. The normalized spacial score (nSPS) is 19.9. The quantitative estimate of drug-likeness (QED) is 0.819. The fourth-order valence-corrected chi connectivity index (χ4v) is 3.75. The van der Waals surface area contributed by atoms with Crippen LogP contribution in [-0.4, -0.2) is 67.9 Å². The number of rotatable bonds is 2. The number of likely N-dealkylation sites (N-methyl/N-ethyl adjacent to an activating group) is 1. The lowest BCUT2D eigenvalue weighted by Gasteiger charge is -2.35. The molecule has 1 saturated heterocycles. The molecular weight excluding hydrogens is 270 g/mol. The van der Waals surface area contributed by atoms with E-state index in [0.717, 1.165) is 44.4 Å². The lowest BCUT2D eigenvalue weighted by atomic mass is 10.2. The van der Waals surface area contributed by atoms with Gasteiger partial charge in [-0.2, -0.15) is 4.98 Å². The summed E-state index contributed by atoms with van der Waals surface area (Å²) in [5, 5.41) is 0. The van der Waals surface area contributed by atoms with E-state index < -0.39 is 0 Å². The first-order valence-corrected chi connectivity index (χ1v) is 8.28. The zero-order chi connectivity index (χ0) is 14.1. The molecular formula is C14H23N5S. The topological polar surface area (TPSA) is 35.5 Å². The summed E-state index contributed by atoms with van der Waals surface area (Å²) in [6, 6.07) is 0. The predicted octanol–water partition coefficient (Wildman–Crippen LogP) is 1.33. The molecule has 1 fully saturated rings. The van der Waals surface area contributed by atoms with Gasteiger partial charge in [-0.05, 0) is 25.6 Å². The molecule has 0 saturated carbocycles. The lowest BCUT2D eigenvalue weighted by Crippen LogP contribution is -2.45. The highest BCUT2D eigenvalue weighted by molar-refractivity contribution is 7.99. The summed E-state index contributed by atoms with van der Waals surface area (Å²) < 4.78 is 0. The number of fused-ring (bicyclic) bond motifs is 1. The van der Waals surface area contributed by atoms with Gasteiger partial charge in [-0.3, -0.25) is 0 Å². The number of anilines is 2. The number of hydrogen-bond acceptors (Lipinski definition) is 6. The van der Waals surface area contributed by atoms with Crippen molar-refractivity contribution in [1.29, 1.82) is 0 Å². The van der Waals surface area contributed by atoms with Gasteiger partial charge in [0.15, 0.2) is 0 Å². The third-order valence-electron chi connectivity index (χ3n) is 3.91. The molecule has 20 heavy (non-hydrogen) atoms. The molecule has 5 nitrogen and oxygen atoms in total. The number of aryl methyl sites for hydroxylation is 1. The minimum absolute atomic E-state index is 0.847. The first kappa shape index (κ1) is 13.9. The van der Waals surface area contributed by atoms with E-state index in [1.807, 2.05) is 30.8 Å². The van der Waals surface area contributed by atoms with Gasteiger partial charge in [-0.25, -0.2) is 4.98 Å². The van der Waals surface area contributed by atoms with Crippen LogP contribution in [0.25, 0.3) is 0 Å². The van der Waals surface area contributed by atoms with Crippen molar-refractivity contribution in [2.24, 2.45) is 0 Å². The first-order valence-electron chi connectivity index (χ1n) is 7.29. The molecule has 1 aromatic rings. The molecule has 0 bridgehead atoms. The van der Waals surface area contributed by atoms with Crippen LogP contribution in [-0.2, 0) is 6.42 Å². The summed E-state index contributed by atoms with van der Waals surface area (Å²) in [5.41, 5.74) is 1.24. The smallest absolute Gasteiger partial charge is 0.227 e. The van der Waals surface area contributed by atoms with E-state index in [-0.39, 0.29) is 0 Å². The van der Waals surface area contributed by atoms with Gasteiger partial charge >= 0.3 is 0 Å². The zero-order valence-corrected chi connectivity index (χ0v) is 13.4. The minimum atomic E-state index is 0.847. The van der Waals surface area contributed by atoms with Gasteiger partial charge in [0.2, 0.25) is 5.95 Å². The van der Waals surface area contributed by atoms with Gasteiger partial charge in [-0.1, -0.05) is 0 Å². The summed E-state index contributed by atoms with van der Waals surface area (Å²) in [6.45, 7) is 4.35. The van der Waals surface area contributed by atoms with Crippen LogP contribution in [0, 0.1) is 0 Å². The fourth-order valence-electron chi connectivity index (χ4n) is 2.63. The van der Waals surface area contributed by atoms with E-state index in [0.29, 0.717) is 0 Å². The Labute approximate surface area is 125 Å². The highest BCUT2D eigenvalue weighted by Gasteiger charge is 2.24. The van der Waals surface area contributed by atoms with Crippen molar-refractivity contribution >= 4 is 23.5 Å². The second kappa shape index (κ2) is 5.77. The molecule has 2 aliphatic heterocycles. The van der Waals surface area contributed by atoms with Crippen LogP contribution in [0.1, 0.15) is 12.1 Å². The Hall–Kier alpha value is -1.01. The average Bonchev–Trinajstić information content (AvgIpc) is 2.47. The Morgan fingerprint density at radius 2 is 1.85 bits per heavy atom. The third kappa shape index (κ3) is 2.72. The summed E-state index contributed by atoms with van der Waals surface area (Å²) in [5.74, 6) is 3.20. The Balaban J connectivity index is 1.97. The van der Waals surface area contributed by atoms with Gasteiger partial charge in [0.25, 0.3) is 0 Å². The van der Waals surface area contributed by atoms with Crippen LogP contribution < -0.4 is 9.80 Å². The van der Waals surface area contributed by atoms with Gasteiger partial charge < -0.3 is 14.7 Å². The molecule has 110 valence electrons. The van der Waals surface area contributed by atoms with Crippen LogP contribution in [0.15, 0.2) is 4.90 Å². The van der Waals surface area contributed by atoms with Gasteiger partial charge in [0, 0.05) is 40.3 Å². The molecule has 3 heterocycles. The van der Waals surface area contributed by atoms with Crippen molar-refractivity contribution in [3.63, 3.8) is 0 Å². The largest absolute Gasteiger partial charge is 0.353 e. The van der Waals surface area contributed by atoms with Crippen molar-refractivity contribution in [3.8, 4) is 0 Å². The summed E-state index contributed by atoms with van der Waals surface area (Å²) in [7, 11) is 6.23. The third-order valence-corrected chi connectivity index (χ3v) is 5.11. The van der Waals surface area contributed by atoms with E-state index in [9.17, 15) is 0 Å². The Morgan fingerprint density at radius 3 is 2.55 bits per heavy atom. The summed E-state index contributed by atoms with van der Waals surface area (Å²) in [4.78, 5) is 17.7. The van der Waals surface area contributed by atoms with E-state index in [1.165, 1.54) is 22.8 Å². The van der Waals surface area contributed by atoms with E-state index >= 15 is 0 Å². The molecule has 0 aromatic carbocycles. The summed E-state index contributed by atoms with van der Waals surface area (Å²) >= 11 is 1.93. The van der Waals surface area contributed by atoms with E-state index in [4.69, 9.17) is 9.97 Å². The molecule has 0 atom stereocenters. The molecule has 2 aliphatic rings. The van der Waals surface area contributed by atoms with Crippen LogP contribution in [0.4, 0.5) is 11.8 Å². The lowest BCUT2D eigenvalue weighted by molar-refractivity contribution is 0.311. The van der Waals surface area contributed by atoms with Crippen molar-refractivity contribution in [1.82, 2.24) is 14.9 Å². The maximum Gasteiger partial charge on any atom is 0.227 e. The van der Waals surface area contributed by atoms with E-state index in [1.54, 1.807) is 0 Å². The number of nitrogens with zero attached hydrogens (tertiary/aromatic N) is 5. The maximum atomic E-state index is 4.84. The predicted molar refractivity (Wildman–Crippen MR) is 85.1 cm³/mol. The molecule has 6 heteroatoms. The number of aromatic nitrogens is 2. The van der Waals surface area contributed by atoms with Gasteiger partial charge in [-0.15, -0.1) is 11.8 Å². The molecule has 0 N–H and O–H groups in total. The van der Waals surface area contributed by atoms with Crippen molar-refractivity contribution in [2.45, 2.75) is 17.7 Å². The number of piperazine rings is 1. The molecule has 0 spiro atoms. The molecule has 0 radical (unpaired) electrons. The standard InChI is InChI=1S/C14H23N5S/c1-17(2)14-15-11-5-4-10-20-12(11)13(16-14)19-8-6-18(3)7-9-19/h4-10H2,1-3H3. The van der Waals surface area contributed by atoms with E-state index in [2.05, 4.69) is 16.8 Å². The average molecular weight is 293 g/mol. The van der Waals surface area contributed by atoms with Crippen molar-refractivity contribution in [2.75, 3.05) is 62.9 Å². The second-order valence-electron chi connectivity index (χ2n) is 5.76. The van der Waals surface area contributed by atoms with Gasteiger partial charge in [0.05, 0.1) is 10.6 Å². The zero-order valence-electron chi connectivity index (χ0n) is 12.6. The molecule has 1 aromatic heterocycles. The molecule has 3 rings (SSSR count). The maximum absolute atomic E-state index is 4.84. The Morgan fingerprint density at radius 1 is 1.10 bits per heavy atom. The van der Waals surface area contributed by atoms with Crippen LogP contribution in [0.5, 0.6) is 0 Å². The monoisotopic (exact) mass is 293 g/mol. The fraction of sp³-hybridized carbons (Fsp3) is 0.714.